The van der Waals surface area contributed by atoms with Gasteiger partial charge in [0.25, 0.3) is 5.91 Å². The van der Waals surface area contributed by atoms with E-state index in [0.717, 1.165) is 37.9 Å². The van der Waals surface area contributed by atoms with Crippen molar-refractivity contribution in [3.63, 3.8) is 0 Å². The molecule has 0 bridgehead atoms. The molecule has 5 rings (SSSR count). The summed E-state index contributed by atoms with van der Waals surface area (Å²) in [6.45, 7) is 4.87. The minimum absolute atomic E-state index is 0.0166. The summed E-state index contributed by atoms with van der Waals surface area (Å²) in [7, 11) is 0. The Morgan fingerprint density at radius 1 is 1.00 bits per heavy atom. The lowest BCUT2D eigenvalue weighted by Gasteiger charge is -2.37. The number of nitrogens with one attached hydrogen (secondary N) is 1. The molecule has 38 heavy (non-hydrogen) atoms. The first-order chi connectivity index (χ1) is 18.2. The van der Waals surface area contributed by atoms with E-state index in [-0.39, 0.29) is 17.5 Å². The highest BCUT2D eigenvalue weighted by atomic mass is 19.1. The van der Waals surface area contributed by atoms with Crippen molar-refractivity contribution in [2.75, 3.05) is 13.1 Å². The number of fused-ring (bicyclic) bond motifs is 2. The van der Waals surface area contributed by atoms with E-state index in [1.807, 2.05) is 17.0 Å². The Balaban J connectivity index is 1.50. The van der Waals surface area contributed by atoms with Crippen molar-refractivity contribution in [2.24, 2.45) is 11.1 Å². The maximum atomic E-state index is 14.9. The average Bonchev–Trinajstić information content (AvgIpc) is 2.91. The van der Waals surface area contributed by atoms with Crippen molar-refractivity contribution in [1.29, 1.82) is 0 Å². The molecule has 1 saturated heterocycles. The predicted molar refractivity (Wildman–Crippen MR) is 139 cm³/mol. The number of piperidine rings is 1. The van der Waals surface area contributed by atoms with Crippen LogP contribution in [0, 0.1) is 11.2 Å². The Morgan fingerprint density at radius 2 is 1.71 bits per heavy atom. The first kappa shape index (κ1) is 25.4. The Labute approximate surface area is 220 Å². The van der Waals surface area contributed by atoms with Crippen LogP contribution in [-0.2, 0) is 4.79 Å². The number of hydrogen-bond donors (Lipinski definition) is 2. The second kappa shape index (κ2) is 9.89. The van der Waals surface area contributed by atoms with Crippen molar-refractivity contribution >= 4 is 17.8 Å². The number of primary amides is 1. The summed E-state index contributed by atoms with van der Waals surface area (Å²) in [5.41, 5.74) is 6.99. The number of benzene rings is 2. The molecule has 3 heterocycles. The second-order valence-electron chi connectivity index (χ2n) is 10.3. The molecule has 1 unspecified atom stereocenters. The Morgan fingerprint density at radius 3 is 2.39 bits per heavy atom. The number of pyridine rings is 1. The van der Waals surface area contributed by atoms with Gasteiger partial charge in [-0.1, -0.05) is 44.2 Å². The molecule has 2 aliphatic rings. The van der Waals surface area contributed by atoms with Crippen molar-refractivity contribution in [3.05, 3.63) is 77.1 Å². The zero-order valence-electron chi connectivity index (χ0n) is 21.3. The number of likely N-dealkylation sites (tertiary alicyclic amines) is 1. The largest absolute Gasteiger partial charge is 0.435 e. The highest BCUT2D eigenvalue weighted by molar-refractivity contribution is 5.97. The fourth-order valence-electron chi connectivity index (χ4n) is 5.28. The van der Waals surface area contributed by atoms with Gasteiger partial charge < -0.3 is 15.4 Å². The topological polar surface area (TPSA) is 115 Å². The van der Waals surface area contributed by atoms with Gasteiger partial charge in [0, 0.05) is 41.3 Å². The van der Waals surface area contributed by atoms with E-state index < -0.39 is 29.1 Å². The first-order valence-electron chi connectivity index (χ1n) is 12.6. The molecular formula is C29H29FN4O4. The van der Waals surface area contributed by atoms with Gasteiger partial charge in [-0.05, 0) is 43.5 Å². The van der Waals surface area contributed by atoms with Crippen LogP contribution < -0.4 is 15.8 Å². The summed E-state index contributed by atoms with van der Waals surface area (Å²) in [6, 6.07) is 14.3. The molecule has 4 amide bonds. The number of carbonyl (C=O) groups is 3. The molecule has 1 fully saturated rings. The Bertz CT molecular complexity index is 1410. The Kier molecular flexibility index (Phi) is 6.60. The molecule has 9 heteroatoms. The van der Waals surface area contributed by atoms with E-state index in [2.05, 4.69) is 10.3 Å². The van der Waals surface area contributed by atoms with E-state index in [4.69, 9.17) is 10.5 Å². The third-order valence-electron chi connectivity index (χ3n) is 7.32. The quantitative estimate of drug-likeness (QED) is 0.508. The maximum Gasteiger partial charge on any atom is 0.318 e. The highest BCUT2D eigenvalue weighted by Crippen LogP contribution is 2.52. The van der Waals surface area contributed by atoms with Gasteiger partial charge in [-0.25, -0.2) is 14.2 Å². The molecular weight excluding hydrogens is 487 g/mol. The summed E-state index contributed by atoms with van der Waals surface area (Å²) in [5.74, 6) is -1.68. The number of aromatic nitrogens is 1. The van der Waals surface area contributed by atoms with Crippen LogP contribution in [0.15, 0.2) is 54.6 Å². The third-order valence-corrected chi connectivity index (χ3v) is 7.32. The molecule has 1 atom stereocenters. The molecule has 2 aromatic carbocycles. The standard InChI is InChI=1S/C29H29FN4O4/c1-29(2,27(36)33-28(31)37)23-19-7-6-8-21(30)24(19)38-25-20(23)13-14-22(32-25)17-9-11-18(12-10-17)26(35)34-15-4-3-5-16-34/h6-14,23H,3-5,15-16H2,1-2H3,(H3,31,33,36,37). The average molecular weight is 517 g/mol. The Hall–Kier alpha value is -4.27. The smallest absolute Gasteiger partial charge is 0.318 e. The number of nitrogens with zero attached hydrogens (tertiary/aromatic N) is 2. The monoisotopic (exact) mass is 516 g/mol. The number of halogens is 1. The van der Waals surface area contributed by atoms with E-state index >= 15 is 0 Å². The molecule has 0 aliphatic carbocycles. The molecule has 196 valence electrons. The lowest BCUT2D eigenvalue weighted by atomic mass is 9.69. The van der Waals surface area contributed by atoms with Crippen molar-refractivity contribution in [1.82, 2.24) is 15.2 Å². The molecule has 8 nitrogen and oxygen atoms in total. The van der Waals surface area contributed by atoms with Gasteiger partial charge in [0.2, 0.25) is 11.8 Å². The minimum atomic E-state index is -1.20. The predicted octanol–water partition coefficient (Wildman–Crippen LogP) is 4.97. The fraction of sp³-hybridized carbons (Fsp3) is 0.310. The van der Waals surface area contributed by atoms with E-state index in [0.29, 0.717) is 22.4 Å². The summed E-state index contributed by atoms with van der Waals surface area (Å²) in [6.07, 6.45) is 3.19. The van der Waals surface area contributed by atoms with Crippen LogP contribution >= 0.6 is 0 Å². The third kappa shape index (κ3) is 4.60. The van der Waals surface area contributed by atoms with Crippen LogP contribution in [0.4, 0.5) is 9.18 Å². The normalized spacial score (nSPS) is 16.6. The molecule has 0 radical (unpaired) electrons. The zero-order valence-corrected chi connectivity index (χ0v) is 21.3. The second-order valence-corrected chi connectivity index (χ2v) is 10.3. The van der Waals surface area contributed by atoms with Gasteiger partial charge in [-0.3, -0.25) is 14.9 Å². The van der Waals surface area contributed by atoms with E-state index in [1.54, 1.807) is 50.2 Å². The number of ether oxygens (including phenoxy) is 1. The minimum Gasteiger partial charge on any atom is -0.435 e. The van der Waals surface area contributed by atoms with E-state index in [1.165, 1.54) is 6.07 Å². The van der Waals surface area contributed by atoms with Crippen LogP contribution in [0.25, 0.3) is 11.3 Å². The molecule has 3 aromatic rings. The van der Waals surface area contributed by atoms with Gasteiger partial charge >= 0.3 is 6.03 Å². The van der Waals surface area contributed by atoms with Crippen LogP contribution in [0.5, 0.6) is 11.6 Å². The SMILES string of the molecule is CC(C)(C(=O)NC(N)=O)C1c2ccc(-c3ccc(C(=O)N4CCCCC4)cc3)nc2Oc2c(F)cccc21. The number of nitrogens with two attached hydrogens (primary N) is 1. The van der Waals surface area contributed by atoms with Crippen molar-refractivity contribution in [3.8, 4) is 22.9 Å². The van der Waals surface area contributed by atoms with Gasteiger partial charge in [0.05, 0.1) is 11.1 Å². The highest BCUT2D eigenvalue weighted by Gasteiger charge is 2.45. The number of amides is 4. The summed E-state index contributed by atoms with van der Waals surface area (Å²) < 4.78 is 20.8. The molecule has 1 aromatic heterocycles. The number of hydrogen-bond acceptors (Lipinski definition) is 5. The lowest BCUT2D eigenvalue weighted by Crippen LogP contribution is -2.46. The first-order valence-corrected chi connectivity index (χ1v) is 12.6. The van der Waals surface area contributed by atoms with Crippen molar-refractivity contribution in [2.45, 2.75) is 39.0 Å². The molecule has 3 N–H and O–H groups in total. The number of urea groups is 1. The van der Waals surface area contributed by atoms with Gasteiger partial charge in [-0.2, -0.15) is 0 Å². The fourth-order valence-corrected chi connectivity index (χ4v) is 5.28. The van der Waals surface area contributed by atoms with Crippen molar-refractivity contribution < 1.29 is 23.5 Å². The summed E-state index contributed by atoms with van der Waals surface area (Å²) in [4.78, 5) is 43.8. The number of imide groups is 1. The number of carbonyl (C=O) groups excluding carboxylic acids is 3. The van der Waals surface area contributed by atoms with Gasteiger partial charge in [0.1, 0.15) is 0 Å². The van der Waals surface area contributed by atoms with Crippen LogP contribution in [0.2, 0.25) is 0 Å². The number of para-hydroxylation sites is 1. The van der Waals surface area contributed by atoms with Crippen LogP contribution in [0.1, 0.15) is 60.5 Å². The maximum absolute atomic E-state index is 14.9. The van der Waals surface area contributed by atoms with E-state index in [9.17, 15) is 18.8 Å². The number of rotatable bonds is 4. The zero-order chi connectivity index (χ0) is 27.0. The lowest BCUT2D eigenvalue weighted by molar-refractivity contribution is -0.128. The van der Waals surface area contributed by atoms with Crippen LogP contribution in [-0.4, -0.2) is 40.8 Å². The summed E-state index contributed by atoms with van der Waals surface area (Å²) in [5, 5.41) is 2.15. The van der Waals surface area contributed by atoms with Gasteiger partial charge in [0.15, 0.2) is 11.6 Å². The molecule has 2 aliphatic heterocycles. The molecule has 0 spiro atoms. The summed E-state index contributed by atoms with van der Waals surface area (Å²) >= 11 is 0. The van der Waals surface area contributed by atoms with Crippen LogP contribution in [0.3, 0.4) is 0 Å². The van der Waals surface area contributed by atoms with Gasteiger partial charge in [-0.15, -0.1) is 0 Å². The molecule has 0 saturated carbocycles.